The highest BCUT2D eigenvalue weighted by molar-refractivity contribution is 6.34. The van der Waals surface area contributed by atoms with Gasteiger partial charge < -0.3 is 14.6 Å². The van der Waals surface area contributed by atoms with Crippen molar-refractivity contribution in [1.82, 2.24) is 0 Å². The molecule has 6 heteroatoms. The van der Waals surface area contributed by atoms with Crippen LogP contribution < -0.4 is 9.47 Å². The Morgan fingerprint density at radius 2 is 1.57 bits per heavy atom. The smallest absolute Gasteiger partial charge is 0.335 e. The second kappa shape index (κ2) is 7.20. The van der Waals surface area contributed by atoms with Gasteiger partial charge in [0.1, 0.15) is 24.7 Å². The largest absolute Gasteiger partial charge is 0.490 e. The van der Waals surface area contributed by atoms with Crippen molar-refractivity contribution in [1.29, 1.82) is 0 Å². The fraction of sp³-hybridized carbons (Fsp3) is 0.133. The Labute approximate surface area is 131 Å². The summed E-state index contributed by atoms with van der Waals surface area (Å²) in [5.74, 6) is 0.0308. The van der Waals surface area contributed by atoms with Crippen molar-refractivity contribution >= 4 is 29.2 Å². The molecule has 0 aliphatic heterocycles. The average Bonchev–Trinajstić information content (AvgIpc) is 2.43. The maximum Gasteiger partial charge on any atom is 0.335 e. The highest BCUT2D eigenvalue weighted by atomic mass is 35.5. The van der Waals surface area contributed by atoms with Crippen LogP contribution in [0.3, 0.4) is 0 Å². The van der Waals surface area contributed by atoms with Gasteiger partial charge in [-0.15, -0.1) is 0 Å². The third kappa shape index (κ3) is 4.85. The summed E-state index contributed by atoms with van der Waals surface area (Å²) in [5.41, 5.74) is 0.176. The highest BCUT2D eigenvalue weighted by Crippen LogP contribution is 2.24. The molecule has 2 rings (SSSR count). The van der Waals surface area contributed by atoms with Crippen LogP contribution in [0.15, 0.2) is 42.5 Å². The number of aromatic carboxylic acids is 1. The number of carboxylic acid groups (broad SMARTS) is 1. The average molecular weight is 327 g/mol. The van der Waals surface area contributed by atoms with E-state index < -0.39 is 5.97 Å². The van der Waals surface area contributed by atoms with Gasteiger partial charge in [-0.25, -0.2) is 4.79 Å². The number of ether oxygens (including phenoxy) is 2. The maximum absolute atomic E-state index is 10.8. The Morgan fingerprint density at radius 3 is 2.19 bits per heavy atom. The van der Waals surface area contributed by atoms with Crippen molar-refractivity contribution in [3.8, 4) is 11.5 Å². The first-order valence-corrected chi connectivity index (χ1v) is 6.85. The lowest BCUT2D eigenvalue weighted by Gasteiger charge is -2.09. The van der Waals surface area contributed by atoms with Crippen LogP contribution in [-0.2, 0) is 0 Å². The number of carbonyl (C=O) groups is 1. The van der Waals surface area contributed by atoms with E-state index in [2.05, 4.69) is 0 Å². The van der Waals surface area contributed by atoms with E-state index in [0.717, 1.165) is 0 Å². The molecule has 0 aromatic heterocycles. The van der Waals surface area contributed by atoms with Gasteiger partial charge in [-0.1, -0.05) is 29.3 Å². The van der Waals surface area contributed by atoms with Crippen LogP contribution in [0.2, 0.25) is 10.0 Å². The normalized spacial score (nSPS) is 10.2. The predicted octanol–water partition coefficient (Wildman–Crippen LogP) is 4.15. The summed E-state index contributed by atoms with van der Waals surface area (Å²) in [6.07, 6.45) is 0. The minimum absolute atomic E-state index is 0.176. The first kappa shape index (κ1) is 15.5. The molecule has 0 bridgehead atoms. The molecule has 2 aromatic carbocycles. The van der Waals surface area contributed by atoms with Crippen LogP contribution in [0.1, 0.15) is 10.4 Å². The highest BCUT2D eigenvalue weighted by Gasteiger charge is 2.04. The molecule has 0 aliphatic carbocycles. The van der Waals surface area contributed by atoms with Crippen LogP contribution >= 0.6 is 23.2 Å². The van der Waals surface area contributed by atoms with E-state index in [1.54, 1.807) is 30.3 Å². The number of rotatable bonds is 6. The second-order valence-corrected chi connectivity index (χ2v) is 5.01. The van der Waals surface area contributed by atoms with Crippen LogP contribution in [0.4, 0.5) is 0 Å². The zero-order valence-electron chi connectivity index (χ0n) is 10.9. The van der Waals surface area contributed by atoms with Gasteiger partial charge in [-0.05, 0) is 36.4 Å². The summed E-state index contributed by atoms with van der Waals surface area (Å²) >= 11 is 11.7. The van der Waals surface area contributed by atoms with E-state index >= 15 is 0 Å². The van der Waals surface area contributed by atoms with Crippen LogP contribution in [0.5, 0.6) is 11.5 Å². The lowest BCUT2D eigenvalue weighted by molar-refractivity contribution is 0.0696. The summed E-state index contributed by atoms with van der Waals surface area (Å²) in [4.78, 5) is 10.8. The molecule has 0 atom stereocenters. The van der Waals surface area contributed by atoms with Gasteiger partial charge in [-0.3, -0.25) is 0 Å². The van der Waals surface area contributed by atoms with Crippen molar-refractivity contribution in [2.24, 2.45) is 0 Å². The molecule has 0 saturated carbocycles. The zero-order valence-corrected chi connectivity index (χ0v) is 12.4. The monoisotopic (exact) mass is 326 g/mol. The number of carboxylic acids is 1. The number of halogens is 2. The van der Waals surface area contributed by atoms with E-state index in [1.165, 1.54) is 12.1 Å². The Bertz CT molecular complexity index is 623. The number of hydrogen-bond acceptors (Lipinski definition) is 3. The Kier molecular flexibility index (Phi) is 5.31. The van der Waals surface area contributed by atoms with Crippen molar-refractivity contribution in [3.63, 3.8) is 0 Å². The van der Waals surface area contributed by atoms with Gasteiger partial charge in [0.15, 0.2) is 0 Å². The van der Waals surface area contributed by atoms with Crippen molar-refractivity contribution in [2.75, 3.05) is 13.2 Å². The Balaban J connectivity index is 1.84. The molecule has 0 saturated heterocycles. The molecule has 0 heterocycles. The van der Waals surface area contributed by atoms with Crippen molar-refractivity contribution in [2.45, 2.75) is 0 Å². The molecule has 21 heavy (non-hydrogen) atoms. The van der Waals surface area contributed by atoms with Gasteiger partial charge in [0.2, 0.25) is 0 Å². The van der Waals surface area contributed by atoms with E-state index in [1.807, 2.05) is 0 Å². The summed E-state index contributed by atoms with van der Waals surface area (Å²) in [5, 5.41) is 9.86. The maximum atomic E-state index is 10.8. The van der Waals surface area contributed by atoms with Gasteiger partial charge in [-0.2, -0.15) is 0 Å². The minimum Gasteiger partial charge on any atom is -0.490 e. The van der Waals surface area contributed by atoms with E-state index in [9.17, 15) is 4.79 Å². The summed E-state index contributed by atoms with van der Waals surface area (Å²) < 4.78 is 10.9. The molecule has 2 aromatic rings. The second-order valence-electron chi connectivity index (χ2n) is 4.14. The molecular formula is C15H12Cl2O4. The first-order chi connectivity index (χ1) is 10.0. The van der Waals surface area contributed by atoms with Gasteiger partial charge in [0, 0.05) is 10.0 Å². The summed E-state index contributed by atoms with van der Waals surface area (Å²) in [6.45, 7) is 0.557. The van der Waals surface area contributed by atoms with E-state index in [-0.39, 0.29) is 18.8 Å². The Morgan fingerprint density at radius 1 is 0.952 bits per heavy atom. The SMILES string of the molecule is O=C(O)c1cccc(OCCOc2cc(Cl)cc(Cl)c2)c1. The van der Waals surface area contributed by atoms with E-state index in [4.69, 9.17) is 37.8 Å². The summed E-state index contributed by atoms with van der Waals surface area (Å²) in [7, 11) is 0. The fourth-order valence-corrected chi connectivity index (χ4v) is 2.16. The number of benzene rings is 2. The van der Waals surface area contributed by atoms with Crippen LogP contribution in [-0.4, -0.2) is 24.3 Å². The summed E-state index contributed by atoms with van der Waals surface area (Å²) in [6, 6.07) is 11.2. The third-order valence-electron chi connectivity index (χ3n) is 2.54. The molecule has 0 aliphatic rings. The Hall–Kier alpha value is -1.91. The molecule has 0 unspecified atom stereocenters. The first-order valence-electron chi connectivity index (χ1n) is 6.09. The van der Waals surface area contributed by atoms with Crippen LogP contribution in [0, 0.1) is 0 Å². The fourth-order valence-electron chi connectivity index (χ4n) is 1.65. The molecule has 0 amide bonds. The number of hydrogen-bond donors (Lipinski definition) is 1. The molecule has 4 nitrogen and oxygen atoms in total. The zero-order chi connectivity index (χ0) is 15.2. The van der Waals surface area contributed by atoms with Crippen LogP contribution in [0.25, 0.3) is 0 Å². The van der Waals surface area contributed by atoms with Gasteiger partial charge >= 0.3 is 5.97 Å². The lowest BCUT2D eigenvalue weighted by Crippen LogP contribution is -2.09. The standard InChI is InChI=1S/C15H12Cl2O4/c16-11-7-12(17)9-14(8-11)21-5-4-20-13-3-1-2-10(6-13)15(18)19/h1-3,6-9H,4-5H2,(H,18,19). The predicted molar refractivity (Wildman–Crippen MR) is 80.9 cm³/mol. The van der Waals surface area contributed by atoms with Gasteiger partial charge in [0.25, 0.3) is 0 Å². The molecule has 0 fully saturated rings. The van der Waals surface area contributed by atoms with Gasteiger partial charge in [0.05, 0.1) is 5.56 Å². The molecule has 110 valence electrons. The molecule has 0 spiro atoms. The third-order valence-corrected chi connectivity index (χ3v) is 2.97. The van der Waals surface area contributed by atoms with Crippen molar-refractivity contribution in [3.05, 3.63) is 58.1 Å². The minimum atomic E-state index is -0.995. The van der Waals surface area contributed by atoms with Crippen molar-refractivity contribution < 1.29 is 19.4 Å². The quantitative estimate of drug-likeness (QED) is 0.810. The molecule has 0 radical (unpaired) electrons. The lowest BCUT2D eigenvalue weighted by atomic mass is 10.2. The topological polar surface area (TPSA) is 55.8 Å². The van der Waals surface area contributed by atoms with E-state index in [0.29, 0.717) is 21.5 Å². The molecule has 1 N–H and O–H groups in total. The molecular weight excluding hydrogens is 315 g/mol.